The average Bonchev–Trinajstić information content (AvgIpc) is 2.81. The van der Waals surface area contributed by atoms with Crippen LogP contribution >= 0.6 is 11.8 Å². The van der Waals surface area contributed by atoms with Gasteiger partial charge in [-0.1, -0.05) is 30.0 Å². The molecular formula is C24H27F2N3OS. The molecule has 1 fully saturated rings. The van der Waals surface area contributed by atoms with Crippen LogP contribution in [-0.4, -0.2) is 47.7 Å². The van der Waals surface area contributed by atoms with Gasteiger partial charge in [-0.25, -0.2) is 13.8 Å². The first kappa shape index (κ1) is 21.8. The van der Waals surface area contributed by atoms with Crippen LogP contribution in [-0.2, 0) is 5.75 Å². The summed E-state index contributed by atoms with van der Waals surface area (Å²) in [6.45, 7) is 3.07. The van der Waals surface area contributed by atoms with Crippen molar-refractivity contribution >= 4 is 22.6 Å². The third kappa shape index (κ3) is 5.66. The molecule has 0 radical (unpaired) electrons. The molecule has 164 valence electrons. The highest BCUT2D eigenvalue weighted by molar-refractivity contribution is 8.13. The van der Waals surface area contributed by atoms with Crippen LogP contribution in [0.15, 0.2) is 59.8 Å². The summed E-state index contributed by atoms with van der Waals surface area (Å²) in [7, 11) is 2.17. The largest absolute Gasteiger partial charge is 0.465 e. The van der Waals surface area contributed by atoms with E-state index in [1.807, 2.05) is 23.9 Å². The van der Waals surface area contributed by atoms with Crippen molar-refractivity contribution < 1.29 is 13.5 Å². The van der Waals surface area contributed by atoms with Crippen molar-refractivity contribution in [3.05, 3.63) is 72.0 Å². The summed E-state index contributed by atoms with van der Waals surface area (Å²) in [5.41, 5.74) is 2.40. The molecule has 0 aromatic heterocycles. The third-order valence-corrected chi connectivity index (χ3v) is 6.87. The van der Waals surface area contributed by atoms with Crippen molar-refractivity contribution in [2.24, 2.45) is 4.99 Å². The van der Waals surface area contributed by atoms with Gasteiger partial charge in [-0.05, 0) is 49.1 Å². The smallest absolute Gasteiger partial charge is 0.164 e. The van der Waals surface area contributed by atoms with Gasteiger partial charge >= 0.3 is 0 Å². The molecule has 0 bridgehead atoms. The van der Waals surface area contributed by atoms with Crippen LogP contribution in [0.1, 0.15) is 24.8 Å². The molecule has 2 aromatic rings. The predicted octanol–water partition coefficient (Wildman–Crippen LogP) is 5.58. The topological polar surface area (TPSA) is 28.1 Å². The summed E-state index contributed by atoms with van der Waals surface area (Å²) < 4.78 is 31.4. The lowest BCUT2D eigenvalue weighted by atomic mass is 10.0. The van der Waals surface area contributed by atoms with E-state index in [-0.39, 0.29) is 0 Å². The van der Waals surface area contributed by atoms with Gasteiger partial charge in [0.15, 0.2) is 16.8 Å². The molecule has 0 saturated carbocycles. The highest BCUT2D eigenvalue weighted by atomic mass is 32.2. The number of hydrogen-bond donors (Lipinski definition) is 0. The number of ether oxygens (including phenoxy) is 1. The Morgan fingerprint density at radius 1 is 1.16 bits per heavy atom. The molecule has 0 atom stereocenters. The minimum Gasteiger partial charge on any atom is -0.465 e. The highest BCUT2D eigenvalue weighted by Gasteiger charge is 2.25. The van der Waals surface area contributed by atoms with E-state index in [0.717, 1.165) is 67.6 Å². The van der Waals surface area contributed by atoms with E-state index in [0.29, 0.717) is 11.8 Å². The number of hydrogen-bond acceptors (Lipinski definition) is 5. The molecule has 0 N–H and O–H groups in total. The number of aliphatic imine (C=N–C) groups is 1. The summed E-state index contributed by atoms with van der Waals surface area (Å²) in [5.74, 6) is -0.494. The number of likely N-dealkylation sites (tertiary alicyclic amines) is 1. The van der Waals surface area contributed by atoms with Crippen molar-refractivity contribution in [1.29, 1.82) is 0 Å². The molecular weight excluding hydrogens is 416 g/mol. The summed E-state index contributed by atoms with van der Waals surface area (Å²) in [4.78, 5) is 9.68. The van der Waals surface area contributed by atoms with Crippen molar-refractivity contribution in [2.75, 3.05) is 26.7 Å². The van der Waals surface area contributed by atoms with E-state index in [2.05, 4.69) is 35.0 Å². The maximum atomic E-state index is 13.2. The Morgan fingerprint density at radius 3 is 2.77 bits per heavy atom. The van der Waals surface area contributed by atoms with E-state index in [1.54, 1.807) is 6.26 Å². The van der Waals surface area contributed by atoms with Gasteiger partial charge in [0, 0.05) is 44.5 Å². The van der Waals surface area contributed by atoms with Crippen LogP contribution in [0.3, 0.4) is 0 Å². The van der Waals surface area contributed by atoms with E-state index < -0.39 is 11.6 Å². The van der Waals surface area contributed by atoms with Gasteiger partial charge in [0.1, 0.15) is 5.75 Å². The molecule has 31 heavy (non-hydrogen) atoms. The van der Waals surface area contributed by atoms with E-state index in [1.165, 1.54) is 11.6 Å². The molecule has 4 nitrogen and oxygen atoms in total. The van der Waals surface area contributed by atoms with Gasteiger partial charge in [-0.15, -0.1) is 0 Å². The Hall–Kier alpha value is -2.38. The molecule has 1 saturated heterocycles. The number of fused-ring (bicyclic) bond motifs is 1. The van der Waals surface area contributed by atoms with Crippen LogP contribution in [0.25, 0.3) is 0 Å². The second-order valence-corrected chi connectivity index (χ2v) is 8.79. The second-order valence-electron chi connectivity index (χ2n) is 7.85. The first-order valence-electron chi connectivity index (χ1n) is 10.6. The van der Waals surface area contributed by atoms with Crippen LogP contribution in [0.4, 0.5) is 14.5 Å². The Bertz CT molecular complexity index is 958. The minimum atomic E-state index is -0.902. The zero-order valence-electron chi connectivity index (χ0n) is 17.6. The van der Waals surface area contributed by atoms with E-state index in [4.69, 9.17) is 9.73 Å². The number of halogens is 2. The molecule has 2 aromatic carbocycles. The normalized spacial score (nSPS) is 17.5. The fraction of sp³-hybridized carbons (Fsp3) is 0.375. The van der Waals surface area contributed by atoms with Crippen molar-refractivity contribution in [3.63, 3.8) is 0 Å². The minimum absolute atomic E-state index is 0.296. The Balaban J connectivity index is 1.19. The number of thioether (sulfide) groups is 1. The summed E-state index contributed by atoms with van der Waals surface area (Å²) in [6.07, 6.45) is 6.55. The van der Waals surface area contributed by atoms with Crippen molar-refractivity contribution in [2.45, 2.75) is 31.1 Å². The highest BCUT2D eigenvalue weighted by Crippen LogP contribution is 2.32. The number of benzene rings is 2. The van der Waals surface area contributed by atoms with Crippen LogP contribution in [0.5, 0.6) is 5.75 Å². The molecule has 7 heteroatoms. The Kier molecular flexibility index (Phi) is 7.25. The van der Waals surface area contributed by atoms with Crippen LogP contribution < -0.4 is 4.74 Å². The first-order chi connectivity index (χ1) is 15.1. The Morgan fingerprint density at radius 2 is 1.97 bits per heavy atom. The molecule has 0 spiro atoms. The molecule has 0 amide bonds. The fourth-order valence-corrected chi connectivity index (χ4v) is 4.93. The molecule has 2 aliphatic rings. The zero-order valence-corrected chi connectivity index (χ0v) is 18.5. The van der Waals surface area contributed by atoms with Crippen molar-refractivity contribution in [3.8, 4) is 5.75 Å². The average molecular weight is 444 g/mol. The number of nitrogens with zero attached hydrogens (tertiary/aromatic N) is 3. The van der Waals surface area contributed by atoms with E-state index in [9.17, 15) is 8.78 Å². The first-order valence-corrected chi connectivity index (χ1v) is 11.6. The monoisotopic (exact) mass is 443 g/mol. The molecule has 2 heterocycles. The van der Waals surface area contributed by atoms with Crippen LogP contribution in [0.2, 0.25) is 0 Å². The maximum Gasteiger partial charge on any atom is 0.164 e. The van der Waals surface area contributed by atoms with E-state index >= 15 is 0 Å². The molecule has 4 rings (SSSR count). The summed E-state index contributed by atoms with van der Waals surface area (Å²) >= 11 is 1.82. The van der Waals surface area contributed by atoms with Gasteiger partial charge in [-0.3, -0.25) is 0 Å². The SMILES string of the molecule is CN(C1=Nc2ccccc2CS1)C1CCN(CCC=COc2ccc(F)c(F)c2)CC1. The molecule has 0 unspecified atom stereocenters. The van der Waals surface area contributed by atoms with Gasteiger partial charge < -0.3 is 14.5 Å². The number of amidine groups is 1. The standard InChI is InChI=1S/C24H27F2N3OS/c1-28(24-27-23-7-3-2-6-18(23)17-31-24)19-10-13-29(14-11-19)12-4-5-15-30-20-8-9-21(25)22(26)16-20/h2-3,5-9,15-16,19H,4,10-14,17H2,1H3. The predicted molar refractivity (Wildman–Crippen MR) is 123 cm³/mol. The second kappa shape index (κ2) is 10.3. The fourth-order valence-electron chi connectivity index (χ4n) is 3.89. The number of rotatable bonds is 6. The molecule has 0 aliphatic carbocycles. The van der Waals surface area contributed by atoms with Gasteiger partial charge in [-0.2, -0.15) is 0 Å². The summed E-state index contributed by atoms with van der Waals surface area (Å²) in [5, 5.41) is 1.12. The lowest BCUT2D eigenvalue weighted by Gasteiger charge is -2.38. The van der Waals surface area contributed by atoms with Gasteiger partial charge in [0.25, 0.3) is 0 Å². The quantitative estimate of drug-likeness (QED) is 0.545. The van der Waals surface area contributed by atoms with Crippen LogP contribution in [0, 0.1) is 11.6 Å². The zero-order chi connectivity index (χ0) is 21.6. The number of piperidine rings is 1. The lowest BCUT2D eigenvalue weighted by Crippen LogP contribution is -2.45. The molecule has 2 aliphatic heterocycles. The Labute approximate surface area is 186 Å². The lowest BCUT2D eigenvalue weighted by molar-refractivity contribution is 0.169. The van der Waals surface area contributed by atoms with Gasteiger partial charge in [0.05, 0.1) is 11.9 Å². The number of para-hydroxylation sites is 1. The van der Waals surface area contributed by atoms with Crippen molar-refractivity contribution in [1.82, 2.24) is 9.80 Å². The maximum absolute atomic E-state index is 13.2. The third-order valence-electron chi connectivity index (χ3n) is 5.77. The van der Waals surface area contributed by atoms with Gasteiger partial charge in [0.2, 0.25) is 0 Å². The summed E-state index contributed by atoms with van der Waals surface area (Å²) in [6, 6.07) is 12.4.